The molecule has 0 spiro atoms. The summed E-state index contributed by atoms with van der Waals surface area (Å²) in [4.78, 5) is 10.4. The van der Waals surface area contributed by atoms with Gasteiger partial charge in [-0.3, -0.25) is 4.79 Å². The lowest BCUT2D eigenvalue weighted by Gasteiger charge is -2.15. The van der Waals surface area contributed by atoms with Crippen LogP contribution in [0.1, 0.15) is 17.9 Å². The van der Waals surface area contributed by atoms with Gasteiger partial charge in [0.2, 0.25) is 6.43 Å². The maximum atomic E-state index is 13.3. The number of carboxylic acids is 1. The molecule has 0 saturated heterocycles. The van der Waals surface area contributed by atoms with Gasteiger partial charge >= 0.3 is 5.97 Å². The Balaban J connectivity index is 3.05. The summed E-state index contributed by atoms with van der Waals surface area (Å²) in [5, 5.41) is 8.53. The van der Waals surface area contributed by atoms with Crippen molar-refractivity contribution in [2.75, 3.05) is 0 Å². The van der Waals surface area contributed by atoms with Crippen LogP contribution in [0.3, 0.4) is 0 Å². The van der Waals surface area contributed by atoms with Crippen LogP contribution in [0.15, 0.2) is 18.2 Å². The molecule has 1 N–H and O–H groups in total. The molecule has 2 nitrogen and oxygen atoms in total. The lowest BCUT2D eigenvalue weighted by atomic mass is 9.96. The molecule has 0 aromatic heterocycles. The molecule has 1 rings (SSSR count). The molecule has 0 amide bonds. The number of benzene rings is 1. The second-order valence-corrected chi connectivity index (χ2v) is 3.64. The van der Waals surface area contributed by atoms with E-state index in [1.807, 2.05) is 0 Å². The van der Waals surface area contributed by atoms with Crippen LogP contribution in [0.4, 0.5) is 13.2 Å². The number of alkyl halides is 2. The first-order valence-corrected chi connectivity index (χ1v) is 4.74. The Morgan fingerprint density at radius 2 is 2.06 bits per heavy atom. The van der Waals surface area contributed by atoms with Crippen LogP contribution in [0.25, 0.3) is 0 Å². The fourth-order valence-electron chi connectivity index (χ4n) is 1.33. The molecule has 0 fully saturated rings. The predicted molar refractivity (Wildman–Crippen MR) is 52.4 cm³/mol. The normalized spacial score (nSPS) is 12.8. The summed E-state index contributed by atoms with van der Waals surface area (Å²) < 4.78 is 38.4. The Morgan fingerprint density at radius 1 is 1.44 bits per heavy atom. The summed E-state index contributed by atoms with van der Waals surface area (Å²) in [6, 6.07) is 3.21. The van der Waals surface area contributed by atoms with E-state index < -0.39 is 30.6 Å². The Bertz CT molecular complexity index is 396. The number of hydrogen-bond acceptors (Lipinski definition) is 1. The molecule has 0 radical (unpaired) electrons. The van der Waals surface area contributed by atoms with Gasteiger partial charge in [0, 0.05) is 5.02 Å². The smallest absolute Gasteiger partial charge is 0.304 e. The molecule has 0 aliphatic rings. The highest BCUT2D eigenvalue weighted by Crippen LogP contribution is 2.30. The number of hydrogen-bond donors (Lipinski definition) is 1. The van der Waals surface area contributed by atoms with Crippen LogP contribution in [-0.2, 0) is 4.79 Å². The second-order valence-electron chi connectivity index (χ2n) is 3.20. The van der Waals surface area contributed by atoms with Crippen LogP contribution in [-0.4, -0.2) is 17.5 Å². The van der Waals surface area contributed by atoms with Crippen molar-refractivity contribution in [1.82, 2.24) is 0 Å². The third-order valence-corrected chi connectivity index (χ3v) is 2.30. The van der Waals surface area contributed by atoms with E-state index in [0.29, 0.717) is 0 Å². The van der Waals surface area contributed by atoms with Crippen molar-refractivity contribution in [3.8, 4) is 0 Å². The molecule has 1 aromatic carbocycles. The predicted octanol–water partition coefficient (Wildman–Crippen LogP) is 3.30. The van der Waals surface area contributed by atoms with Gasteiger partial charge in [0.05, 0.1) is 12.3 Å². The summed E-state index contributed by atoms with van der Waals surface area (Å²) in [5.41, 5.74) is -0.332. The molecule has 1 atom stereocenters. The van der Waals surface area contributed by atoms with E-state index >= 15 is 0 Å². The van der Waals surface area contributed by atoms with Crippen molar-refractivity contribution in [2.24, 2.45) is 0 Å². The molecule has 16 heavy (non-hydrogen) atoms. The summed E-state index contributed by atoms with van der Waals surface area (Å²) in [6.45, 7) is 0. The van der Waals surface area contributed by atoms with Gasteiger partial charge in [-0.15, -0.1) is 0 Å². The second kappa shape index (κ2) is 5.21. The monoisotopic (exact) mass is 252 g/mol. The van der Waals surface area contributed by atoms with Gasteiger partial charge in [-0.25, -0.2) is 13.2 Å². The molecule has 88 valence electrons. The van der Waals surface area contributed by atoms with E-state index in [1.54, 1.807) is 0 Å². The van der Waals surface area contributed by atoms with E-state index in [9.17, 15) is 18.0 Å². The molecule has 0 saturated carbocycles. The van der Waals surface area contributed by atoms with Crippen LogP contribution >= 0.6 is 11.6 Å². The van der Waals surface area contributed by atoms with Crippen molar-refractivity contribution in [1.29, 1.82) is 0 Å². The number of halogens is 4. The maximum absolute atomic E-state index is 13.3. The zero-order valence-corrected chi connectivity index (χ0v) is 8.72. The highest BCUT2D eigenvalue weighted by Gasteiger charge is 2.27. The lowest BCUT2D eigenvalue weighted by molar-refractivity contribution is -0.138. The maximum Gasteiger partial charge on any atom is 0.304 e. The molecular formula is C10H8ClF3O2. The van der Waals surface area contributed by atoms with Gasteiger partial charge < -0.3 is 5.11 Å². The van der Waals surface area contributed by atoms with E-state index in [4.69, 9.17) is 16.7 Å². The molecule has 1 aromatic rings. The topological polar surface area (TPSA) is 37.3 Å². The van der Waals surface area contributed by atoms with E-state index in [-0.39, 0.29) is 10.6 Å². The first-order chi connectivity index (χ1) is 7.41. The van der Waals surface area contributed by atoms with Crippen LogP contribution in [0.2, 0.25) is 5.02 Å². The fourth-order valence-corrected chi connectivity index (χ4v) is 1.48. The van der Waals surface area contributed by atoms with Gasteiger partial charge in [0.25, 0.3) is 0 Å². The molecule has 0 heterocycles. The zero-order chi connectivity index (χ0) is 12.3. The number of aliphatic carboxylic acids is 1. The Labute approximate surface area is 94.6 Å². The van der Waals surface area contributed by atoms with Crippen LogP contribution < -0.4 is 0 Å². The first-order valence-electron chi connectivity index (χ1n) is 4.36. The van der Waals surface area contributed by atoms with Crippen LogP contribution in [0, 0.1) is 5.82 Å². The zero-order valence-electron chi connectivity index (χ0n) is 7.96. The quantitative estimate of drug-likeness (QED) is 0.893. The molecule has 0 aliphatic carbocycles. The molecular weight excluding hydrogens is 245 g/mol. The van der Waals surface area contributed by atoms with Gasteiger partial charge in [-0.2, -0.15) is 0 Å². The van der Waals surface area contributed by atoms with Crippen LogP contribution in [0.5, 0.6) is 0 Å². The highest BCUT2D eigenvalue weighted by molar-refractivity contribution is 6.30. The molecule has 1 unspecified atom stereocenters. The van der Waals surface area contributed by atoms with Crippen molar-refractivity contribution < 1.29 is 23.1 Å². The Kier molecular flexibility index (Phi) is 4.18. The average molecular weight is 253 g/mol. The summed E-state index contributed by atoms with van der Waals surface area (Å²) in [7, 11) is 0. The minimum Gasteiger partial charge on any atom is -0.481 e. The third-order valence-electron chi connectivity index (χ3n) is 2.06. The highest BCUT2D eigenvalue weighted by atomic mass is 35.5. The number of rotatable bonds is 4. The van der Waals surface area contributed by atoms with Gasteiger partial charge in [-0.05, 0) is 17.7 Å². The van der Waals surface area contributed by atoms with E-state index in [0.717, 1.165) is 12.1 Å². The van der Waals surface area contributed by atoms with Crippen molar-refractivity contribution in [3.05, 3.63) is 34.6 Å². The van der Waals surface area contributed by atoms with Gasteiger partial charge in [-0.1, -0.05) is 17.7 Å². The number of carboxylic acid groups (broad SMARTS) is 1. The average Bonchev–Trinajstić information content (AvgIpc) is 2.14. The molecule has 6 heteroatoms. The minimum absolute atomic E-state index is 0.0737. The van der Waals surface area contributed by atoms with Crippen molar-refractivity contribution in [3.63, 3.8) is 0 Å². The van der Waals surface area contributed by atoms with Gasteiger partial charge in [0.15, 0.2) is 0 Å². The fraction of sp³-hybridized carbons (Fsp3) is 0.300. The minimum atomic E-state index is -2.94. The third kappa shape index (κ3) is 3.13. The summed E-state index contributed by atoms with van der Waals surface area (Å²) in [6.07, 6.45) is -3.76. The Morgan fingerprint density at radius 3 is 2.50 bits per heavy atom. The Hall–Kier alpha value is -1.23. The largest absolute Gasteiger partial charge is 0.481 e. The lowest BCUT2D eigenvalue weighted by Crippen LogP contribution is -2.15. The summed E-state index contributed by atoms with van der Waals surface area (Å²) in [5.74, 6) is -3.98. The number of carbonyl (C=O) groups is 1. The molecule has 0 bridgehead atoms. The van der Waals surface area contributed by atoms with Crippen molar-refractivity contribution >= 4 is 17.6 Å². The first kappa shape index (κ1) is 12.8. The molecule has 0 aliphatic heterocycles. The standard InChI is InChI=1S/C10H8ClF3O2/c11-5-1-2-6(8(12)3-5)7(10(13)14)4-9(15)16/h1-3,7,10H,4H2,(H,15,16). The SMILES string of the molecule is O=C(O)CC(c1ccc(Cl)cc1F)C(F)F. The summed E-state index contributed by atoms with van der Waals surface area (Å²) >= 11 is 5.46. The van der Waals surface area contributed by atoms with Crippen molar-refractivity contribution in [2.45, 2.75) is 18.8 Å². The van der Waals surface area contributed by atoms with Gasteiger partial charge in [0.1, 0.15) is 5.82 Å². The van der Waals surface area contributed by atoms with E-state index in [2.05, 4.69) is 0 Å². The van der Waals surface area contributed by atoms with E-state index in [1.165, 1.54) is 6.07 Å².